The molecule has 10 heteroatoms. The number of hydrogen-bond donors (Lipinski definition) is 1. The molecule has 0 atom stereocenters. The van der Waals surface area contributed by atoms with Crippen LogP contribution in [0.4, 0.5) is 16.0 Å². The molecule has 0 saturated heterocycles. The van der Waals surface area contributed by atoms with Gasteiger partial charge in [0.2, 0.25) is 17.7 Å². The van der Waals surface area contributed by atoms with Crippen LogP contribution in [-0.4, -0.2) is 36.4 Å². The summed E-state index contributed by atoms with van der Waals surface area (Å²) in [6.07, 6.45) is 3.57. The van der Waals surface area contributed by atoms with E-state index in [9.17, 15) is 4.39 Å². The first-order valence-corrected chi connectivity index (χ1v) is 9.02. The zero-order valence-corrected chi connectivity index (χ0v) is 16.6. The summed E-state index contributed by atoms with van der Waals surface area (Å²) in [6, 6.07) is 8.15. The van der Waals surface area contributed by atoms with Crippen LogP contribution in [0.2, 0.25) is 5.02 Å². The molecule has 0 bridgehead atoms. The summed E-state index contributed by atoms with van der Waals surface area (Å²) in [4.78, 5) is 13.2. The Morgan fingerprint density at radius 3 is 2.72 bits per heavy atom. The average molecular weight is 414 g/mol. The molecular weight excluding hydrogens is 397 g/mol. The van der Waals surface area contributed by atoms with Crippen molar-refractivity contribution in [3.8, 4) is 23.1 Å². The zero-order valence-electron chi connectivity index (χ0n) is 15.9. The van der Waals surface area contributed by atoms with Gasteiger partial charge in [-0.25, -0.2) is 19.0 Å². The average Bonchev–Trinajstić information content (AvgIpc) is 3.31. The number of nitrogens with one attached hydrogen (secondary N) is 1. The summed E-state index contributed by atoms with van der Waals surface area (Å²) in [5.74, 6) is 0.669. The van der Waals surface area contributed by atoms with Crippen molar-refractivity contribution >= 4 is 23.2 Å². The van der Waals surface area contributed by atoms with Crippen LogP contribution in [0.5, 0.6) is 5.88 Å². The lowest BCUT2D eigenvalue weighted by Crippen LogP contribution is -2.01. The minimum absolute atomic E-state index is 0.0168. The number of aryl methyl sites for hydroxylation is 2. The molecule has 0 aliphatic heterocycles. The molecule has 4 rings (SSSR count). The molecule has 0 radical (unpaired) electrons. The molecule has 0 fully saturated rings. The van der Waals surface area contributed by atoms with Crippen molar-refractivity contribution in [2.24, 2.45) is 7.05 Å². The minimum Gasteiger partial charge on any atom is -0.479 e. The van der Waals surface area contributed by atoms with Gasteiger partial charge in [-0.3, -0.25) is 0 Å². The lowest BCUT2D eigenvalue weighted by atomic mass is 10.3. The molecule has 1 aromatic carbocycles. The number of nitrogens with zero attached hydrogens (tertiary/aromatic N) is 6. The van der Waals surface area contributed by atoms with Crippen LogP contribution in [0.25, 0.3) is 17.2 Å². The Balaban J connectivity index is 1.67. The summed E-state index contributed by atoms with van der Waals surface area (Å²) in [6.45, 7) is 1.90. The number of benzene rings is 1. The van der Waals surface area contributed by atoms with Gasteiger partial charge in [0, 0.05) is 13.2 Å². The molecule has 0 aliphatic carbocycles. The van der Waals surface area contributed by atoms with Gasteiger partial charge in [0.25, 0.3) is 0 Å². The minimum atomic E-state index is -0.518. The van der Waals surface area contributed by atoms with Gasteiger partial charge in [0.15, 0.2) is 0 Å². The standard InChI is InChI=1S/C19H17ClFN7O/c1-11-9-28(10-22-11)15-8-7-14(23-18(15)29-3)17-25-19(27(2)26-17)24-13-6-4-5-12(21)16(13)20/h4-10H,1-3H3,(H,24,25,26). The molecule has 0 saturated carbocycles. The highest BCUT2D eigenvalue weighted by atomic mass is 35.5. The topological polar surface area (TPSA) is 82.7 Å². The SMILES string of the molecule is COc1nc(-c2nc(Nc3cccc(F)c3Cl)n(C)n2)ccc1-n1cnc(C)c1. The fraction of sp³-hybridized carbons (Fsp3) is 0.158. The van der Waals surface area contributed by atoms with Crippen LogP contribution in [0.1, 0.15) is 5.69 Å². The van der Waals surface area contributed by atoms with Crippen molar-refractivity contribution in [3.05, 3.63) is 59.4 Å². The Labute approximate surface area is 171 Å². The number of methoxy groups -OCH3 is 1. The normalized spacial score (nSPS) is 10.9. The maximum atomic E-state index is 13.7. The van der Waals surface area contributed by atoms with E-state index in [1.165, 1.54) is 10.7 Å². The van der Waals surface area contributed by atoms with E-state index < -0.39 is 5.82 Å². The van der Waals surface area contributed by atoms with E-state index >= 15 is 0 Å². The molecule has 0 amide bonds. The molecule has 0 aliphatic rings. The zero-order chi connectivity index (χ0) is 20.5. The molecule has 3 aromatic heterocycles. The van der Waals surface area contributed by atoms with E-state index in [0.717, 1.165) is 11.4 Å². The molecule has 29 heavy (non-hydrogen) atoms. The molecule has 8 nitrogen and oxygen atoms in total. The van der Waals surface area contributed by atoms with Gasteiger partial charge in [-0.05, 0) is 31.2 Å². The first kappa shape index (κ1) is 18.9. The monoisotopic (exact) mass is 413 g/mol. The van der Waals surface area contributed by atoms with Gasteiger partial charge in [-0.2, -0.15) is 4.98 Å². The number of ether oxygens (including phenoxy) is 1. The molecule has 0 unspecified atom stereocenters. The van der Waals surface area contributed by atoms with Crippen LogP contribution in [0.3, 0.4) is 0 Å². The number of halogens is 2. The maximum absolute atomic E-state index is 13.7. The Hall–Kier alpha value is -3.46. The quantitative estimate of drug-likeness (QED) is 0.534. The predicted octanol–water partition coefficient (Wildman–Crippen LogP) is 3.92. The number of anilines is 2. The van der Waals surface area contributed by atoms with Gasteiger partial charge in [0.05, 0.1) is 29.8 Å². The molecule has 3 heterocycles. The Morgan fingerprint density at radius 2 is 2.00 bits per heavy atom. The van der Waals surface area contributed by atoms with E-state index in [4.69, 9.17) is 16.3 Å². The second-order valence-corrected chi connectivity index (χ2v) is 6.63. The maximum Gasteiger partial charge on any atom is 0.238 e. The largest absolute Gasteiger partial charge is 0.479 e. The molecule has 1 N–H and O–H groups in total. The van der Waals surface area contributed by atoms with Crippen molar-refractivity contribution < 1.29 is 9.13 Å². The van der Waals surface area contributed by atoms with Crippen molar-refractivity contribution in [1.29, 1.82) is 0 Å². The fourth-order valence-corrected chi connectivity index (χ4v) is 2.95. The van der Waals surface area contributed by atoms with E-state index in [2.05, 4.69) is 25.4 Å². The smallest absolute Gasteiger partial charge is 0.238 e. The van der Waals surface area contributed by atoms with Gasteiger partial charge in [0.1, 0.15) is 17.2 Å². The van der Waals surface area contributed by atoms with E-state index in [0.29, 0.717) is 29.0 Å². The molecule has 4 aromatic rings. The van der Waals surface area contributed by atoms with Crippen LogP contribution in [0, 0.1) is 12.7 Å². The van der Waals surface area contributed by atoms with Crippen molar-refractivity contribution in [2.45, 2.75) is 6.92 Å². The number of pyridine rings is 1. The summed E-state index contributed by atoms with van der Waals surface area (Å²) >= 11 is 6.00. The van der Waals surface area contributed by atoms with Gasteiger partial charge in [-0.15, -0.1) is 5.10 Å². The Kier molecular flexibility index (Phi) is 4.89. The highest BCUT2D eigenvalue weighted by Gasteiger charge is 2.16. The summed E-state index contributed by atoms with van der Waals surface area (Å²) < 4.78 is 22.5. The molecule has 0 spiro atoms. The Morgan fingerprint density at radius 1 is 1.17 bits per heavy atom. The van der Waals surface area contributed by atoms with E-state index in [1.807, 2.05) is 23.8 Å². The Bertz CT molecular complexity index is 1190. The van der Waals surface area contributed by atoms with Gasteiger partial charge < -0.3 is 14.6 Å². The second kappa shape index (κ2) is 7.51. The third-order valence-corrected chi connectivity index (χ3v) is 4.60. The number of rotatable bonds is 5. The summed E-state index contributed by atoms with van der Waals surface area (Å²) in [5.41, 5.74) is 2.55. The summed E-state index contributed by atoms with van der Waals surface area (Å²) in [7, 11) is 3.26. The molecular formula is C19H17ClFN7O. The predicted molar refractivity (Wildman–Crippen MR) is 107 cm³/mol. The van der Waals surface area contributed by atoms with Crippen LogP contribution < -0.4 is 10.1 Å². The fourth-order valence-electron chi connectivity index (χ4n) is 2.78. The van der Waals surface area contributed by atoms with Crippen LogP contribution in [-0.2, 0) is 7.05 Å². The van der Waals surface area contributed by atoms with Gasteiger partial charge in [-0.1, -0.05) is 17.7 Å². The third-order valence-electron chi connectivity index (χ3n) is 4.21. The van der Waals surface area contributed by atoms with Crippen molar-refractivity contribution in [1.82, 2.24) is 29.3 Å². The number of aromatic nitrogens is 6. The van der Waals surface area contributed by atoms with Crippen molar-refractivity contribution in [3.63, 3.8) is 0 Å². The summed E-state index contributed by atoms with van der Waals surface area (Å²) in [5, 5.41) is 7.35. The number of imidazole rings is 1. The first-order chi connectivity index (χ1) is 14.0. The van der Waals surface area contributed by atoms with Crippen LogP contribution in [0.15, 0.2) is 42.9 Å². The van der Waals surface area contributed by atoms with Crippen molar-refractivity contribution in [2.75, 3.05) is 12.4 Å². The first-order valence-electron chi connectivity index (χ1n) is 8.64. The van der Waals surface area contributed by atoms with E-state index in [-0.39, 0.29) is 5.02 Å². The highest BCUT2D eigenvalue weighted by Crippen LogP contribution is 2.29. The highest BCUT2D eigenvalue weighted by molar-refractivity contribution is 6.33. The second-order valence-electron chi connectivity index (χ2n) is 6.26. The number of hydrogen-bond acceptors (Lipinski definition) is 6. The lowest BCUT2D eigenvalue weighted by molar-refractivity contribution is 0.396. The van der Waals surface area contributed by atoms with Gasteiger partial charge >= 0.3 is 0 Å². The molecule has 148 valence electrons. The van der Waals surface area contributed by atoms with Crippen LogP contribution >= 0.6 is 11.6 Å². The van der Waals surface area contributed by atoms with E-state index in [1.54, 1.807) is 38.7 Å². The third kappa shape index (κ3) is 3.64. The lowest BCUT2D eigenvalue weighted by Gasteiger charge is -2.08.